The van der Waals surface area contributed by atoms with Crippen LogP contribution in [0.5, 0.6) is 0 Å². The number of nitrogens with two attached hydrogens (primary N) is 1. The summed E-state index contributed by atoms with van der Waals surface area (Å²) in [6.07, 6.45) is 7.12. The van der Waals surface area contributed by atoms with E-state index >= 15 is 0 Å². The molecule has 0 spiro atoms. The zero-order chi connectivity index (χ0) is 11.2. The minimum Gasteiger partial charge on any atom is -0.493 e. The van der Waals surface area contributed by atoms with E-state index in [0.717, 1.165) is 12.2 Å². The normalized spacial score (nSPS) is 16.0. The smallest absolute Gasteiger partial charge is 0.113 e. The molecule has 0 aromatic heterocycles. The highest BCUT2D eigenvalue weighted by Crippen LogP contribution is 2.12. The first-order chi connectivity index (χ1) is 6.38. The molecule has 0 amide bonds. The highest BCUT2D eigenvalue weighted by Gasteiger charge is 2.21. The lowest BCUT2D eigenvalue weighted by atomic mass is 10.0. The van der Waals surface area contributed by atoms with E-state index in [4.69, 9.17) is 10.5 Å². The van der Waals surface area contributed by atoms with Crippen LogP contribution in [0.2, 0.25) is 0 Å². The van der Waals surface area contributed by atoms with Crippen LogP contribution in [-0.4, -0.2) is 11.6 Å². The molecule has 82 valence electrons. The maximum Gasteiger partial charge on any atom is 0.113 e. The Hall–Kier alpha value is -0.760. The highest BCUT2D eigenvalue weighted by molar-refractivity contribution is 5.06. The van der Waals surface area contributed by atoms with E-state index in [0.29, 0.717) is 0 Å². The van der Waals surface area contributed by atoms with E-state index in [1.807, 2.05) is 39.8 Å². The third-order valence-corrected chi connectivity index (χ3v) is 2.11. The molecule has 0 fully saturated rings. The van der Waals surface area contributed by atoms with Crippen molar-refractivity contribution in [3.8, 4) is 0 Å². The summed E-state index contributed by atoms with van der Waals surface area (Å²) in [4.78, 5) is 0. The van der Waals surface area contributed by atoms with Gasteiger partial charge in [-0.3, -0.25) is 0 Å². The summed E-state index contributed by atoms with van der Waals surface area (Å²) in [6.45, 7) is 9.97. The second-order valence-electron chi connectivity index (χ2n) is 4.20. The maximum atomic E-state index is 5.91. The standard InChI is InChI=1S/C12H23NO/c1-6-7-8-9-10(2)14-11(3)12(4,5)13/h7-9,11H,6,13H2,1-5H3/b8-7-,10-9+. The van der Waals surface area contributed by atoms with Crippen LogP contribution in [0.1, 0.15) is 41.0 Å². The van der Waals surface area contributed by atoms with Gasteiger partial charge >= 0.3 is 0 Å². The lowest BCUT2D eigenvalue weighted by molar-refractivity contribution is 0.0769. The van der Waals surface area contributed by atoms with Crippen LogP contribution in [0.4, 0.5) is 0 Å². The van der Waals surface area contributed by atoms with Crippen molar-refractivity contribution in [3.05, 3.63) is 24.0 Å². The average molecular weight is 197 g/mol. The lowest BCUT2D eigenvalue weighted by Gasteiger charge is -2.28. The second-order valence-corrected chi connectivity index (χ2v) is 4.20. The average Bonchev–Trinajstić information content (AvgIpc) is 2.03. The third-order valence-electron chi connectivity index (χ3n) is 2.11. The van der Waals surface area contributed by atoms with Crippen LogP contribution >= 0.6 is 0 Å². The molecule has 2 N–H and O–H groups in total. The third kappa shape index (κ3) is 5.81. The van der Waals surface area contributed by atoms with Gasteiger partial charge in [-0.25, -0.2) is 0 Å². The van der Waals surface area contributed by atoms with E-state index in [1.54, 1.807) is 0 Å². The molecule has 0 saturated heterocycles. The lowest BCUT2D eigenvalue weighted by Crippen LogP contribution is -2.44. The molecular formula is C12H23NO. The van der Waals surface area contributed by atoms with Crippen LogP contribution < -0.4 is 5.73 Å². The molecule has 14 heavy (non-hydrogen) atoms. The van der Waals surface area contributed by atoms with Gasteiger partial charge in [-0.05, 0) is 40.2 Å². The Balaban J connectivity index is 4.12. The minimum absolute atomic E-state index is 0.0220. The SMILES string of the molecule is CC/C=C\C=C(/C)OC(C)C(C)(C)N. The summed E-state index contributed by atoms with van der Waals surface area (Å²) in [6, 6.07) is 0. The molecule has 0 aliphatic rings. The summed E-state index contributed by atoms with van der Waals surface area (Å²) in [5.41, 5.74) is 5.61. The molecule has 0 radical (unpaired) electrons. The molecule has 0 aromatic rings. The van der Waals surface area contributed by atoms with E-state index in [9.17, 15) is 0 Å². The van der Waals surface area contributed by atoms with E-state index in [2.05, 4.69) is 13.0 Å². The van der Waals surface area contributed by atoms with Crippen LogP contribution in [-0.2, 0) is 4.74 Å². The summed E-state index contributed by atoms with van der Waals surface area (Å²) >= 11 is 0. The molecule has 0 aliphatic heterocycles. The molecule has 2 heteroatoms. The first-order valence-corrected chi connectivity index (χ1v) is 5.17. The van der Waals surface area contributed by atoms with Crippen molar-refractivity contribution in [2.45, 2.75) is 52.7 Å². The maximum absolute atomic E-state index is 5.91. The van der Waals surface area contributed by atoms with Crippen molar-refractivity contribution >= 4 is 0 Å². The molecule has 1 atom stereocenters. The molecule has 1 unspecified atom stereocenters. The Bertz CT molecular complexity index is 211. The fourth-order valence-electron chi connectivity index (χ4n) is 0.810. The second kappa shape index (κ2) is 5.86. The molecular weight excluding hydrogens is 174 g/mol. The molecule has 0 bridgehead atoms. The zero-order valence-electron chi connectivity index (χ0n) is 10.0. The number of rotatable bonds is 5. The predicted molar refractivity (Wildman–Crippen MR) is 62.0 cm³/mol. The number of hydrogen-bond acceptors (Lipinski definition) is 2. The molecule has 0 aliphatic carbocycles. The van der Waals surface area contributed by atoms with Gasteiger partial charge < -0.3 is 10.5 Å². The fraction of sp³-hybridized carbons (Fsp3) is 0.667. The predicted octanol–water partition coefficient (Wildman–Crippen LogP) is 3.00. The van der Waals surface area contributed by atoms with Gasteiger partial charge in [-0.1, -0.05) is 19.1 Å². The Labute approximate surface area is 87.8 Å². The van der Waals surface area contributed by atoms with Gasteiger partial charge in [0.15, 0.2) is 0 Å². The van der Waals surface area contributed by atoms with Gasteiger partial charge in [-0.15, -0.1) is 0 Å². The van der Waals surface area contributed by atoms with E-state index in [1.165, 1.54) is 0 Å². The van der Waals surface area contributed by atoms with Crippen LogP contribution in [0.3, 0.4) is 0 Å². The molecule has 0 saturated carbocycles. The van der Waals surface area contributed by atoms with Crippen molar-refractivity contribution < 1.29 is 4.74 Å². The van der Waals surface area contributed by atoms with Crippen molar-refractivity contribution in [2.24, 2.45) is 5.73 Å². The number of ether oxygens (including phenoxy) is 1. The Morgan fingerprint density at radius 2 is 2.07 bits per heavy atom. The zero-order valence-corrected chi connectivity index (χ0v) is 10.0. The molecule has 0 heterocycles. The molecule has 0 rings (SSSR count). The van der Waals surface area contributed by atoms with Crippen molar-refractivity contribution in [2.75, 3.05) is 0 Å². The van der Waals surface area contributed by atoms with E-state index in [-0.39, 0.29) is 11.6 Å². The topological polar surface area (TPSA) is 35.2 Å². The first kappa shape index (κ1) is 13.2. The Morgan fingerprint density at radius 3 is 2.50 bits per heavy atom. The van der Waals surface area contributed by atoms with Crippen molar-refractivity contribution in [1.82, 2.24) is 0 Å². The number of hydrogen-bond donors (Lipinski definition) is 1. The summed E-state index contributed by atoms with van der Waals surface area (Å²) in [7, 11) is 0. The Morgan fingerprint density at radius 1 is 1.50 bits per heavy atom. The summed E-state index contributed by atoms with van der Waals surface area (Å²) in [5.74, 6) is 0.903. The summed E-state index contributed by atoms with van der Waals surface area (Å²) in [5, 5.41) is 0. The van der Waals surface area contributed by atoms with Crippen molar-refractivity contribution in [3.63, 3.8) is 0 Å². The van der Waals surface area contributed by atoms with E-state index < -0.39 is 0 Å². The van der Waals surface area contributed by atoms with Crippen LogP contribution in [0.15, 0.2) is 24.0 Å². The largest absolute Gasteiger partial charge is 0.493 e. The van der Waals surface area contributed by atoms with Gasteiger partial charge in [-0.2, -0.15) is 0 Å². The summed E-state index contributed by atoms with van der Waals surface area (Å²) < 4.78 is 5.65. The number of allylic oxidation sites excluding steroid dienone is 4. The monoisotopic (exact) mass is 197 g/mol. The first-order valence-electron chi connectivity index (χ1n) is 5.17. The van der Waals surface area contributed by atoms with Gasteiger partial charge in [0.1, 0.15) is 6.10 Å². The quantitative estimate of drug-likeness (QED) is 0.543. The van der Waals surface area contributed by atoms with Crippen molar-refractivity contribution in [1.29, 1.82) is 0 Å². The molecule has 0 aromatic carbocycles. The highest BCUT2D eigenvalue weighted by atomic mass is 16.5. The van der Waals surface area contributed by atoms with Gasteiger partial charge in [0.2, 0.25) is 0 Å². The van der Waals surface area contributed by atoms with Gasteiger partial charge in [0.05, 0.1) is 5.76 Å². The minimum atomic E-state index is -0.302. The van der Waals surface area contributed by atoms with Gasteiger partial charge in [0, 0.05) is 5.54 Å². The van der Waals surface area contributed by atoms with Crippen LogP contribution in [0.25, 0.3) is 0 Å². The fourth-order valence-corrected chi connectivity index (χ4v) is 0.810. The van der Waals surface area contributed by atoms with Crippen LogP contribution in [0, 0.1) is 0 Å². The van der Waals surface area contributed by atoms with Gasteiger partial charge in [0.25, 0.3) is 0 Å². The Kier molecular flexibility index (Phi) is 5.55. The molecule has 2 nitrogen and oxygen atoms in total.